The van der Waals surface area contributed by atoms with Gasteiger partial charge >= 0.3 is 0 Å². The molecular formula is C13H10ClN3O. The number of nitrogens with zero attached hydrogens (tertiary/aromatic N) is 3. The van der Waals surface area contributed by atoms with Gasteiger partial charge in [0.05, 0.1) is 17.6 Å². The van der Waals surface area contributed by atoms with Crippen LogP contribution in [0, 0.1) is 0 Å². The molecule has 2 heterocycles. The van der Waals surface area contributed by atoms with Crippen molar-refractivity contribution in [1.29, 1.82) is 0 Å². The molecular weight excluding hydrogens is 250 g/mol. The molecule has 90 valence electrons. The SMILES string of the molecule is COc1ccc2cc(Cl)c(-n3ccnc3)nc2c1. The predicted octanol–water partition coefficient (Wildman–Crippen LogP) is 3.08. The highest BCUT2D eigenvalue weighted by Gasteiger charge is 2.07. The number of ether oxygens (including phenoxy) is 1. The molecule has 1 aromatic carbocycles. The molecule has 0 atom stereocenters. The average molecular weight is 260 g/mol. The summed E-state index contributed by atoms with van der Waals surface area (Å²) in [4.78, 5) is 8.53. The van der Waals surface area contributed by atoms with Gasteiger partial charge in [0.15, 0.2) is 5.82 Å². The monoisotopic (exact) mass is 259 g/mol. The second-order valence-corrected chi connectivity index (χ2v) is 4.23. The minimum Gasteiger partial charge on any atom is -0.497 e. The van der Waals surface area contributed by atoms with Crippen molar-refractivity contribution in [2.75, 3.05) is 7.11 Å². The third-order valence-electron chi connectivity index (χ3n) is 2.71. The van der Waals surface area contributed by atoms with Gasteiger partial charge in [-0.25, -0.2) is 9.97 Å². The normalized spacial score (nSPS) is 10.8. The maximum Gasteiger partial charge on any atom is 0.157 e. The van der Waals surface area contributed by atoms with E-state index in [-0.39, 0.29) is 0 Å². The van der Waals surface area contributed by atoms with Crippen molar-refractivity contribution >= 4 is 22.5 Å². The van der Waals surface area contributed by atoms with Gasteiger partial charge < -0.3 is 4.74 Å². The van der Waals surface area contributed by atoms with Crippen LogP contribution in [0.4, 0.5) is 0 Å². The van der Waals surface area contributed by atoms with E-state index in [0.29, 0.717) is 10.8 Å². The van der Waals surface area contributed by atoms with Crippen molar-refractivity contribution in [1.82, 2.24) is 14.5 Å². The number of rotatable bonds is 2. The van der Waals surface area contributed by atoms with Gasteiger partial charge in [-0.3, -0.25) is 4.57 Å². The Balaban J connectivity index is 2.24. The number of hydrogen-bond acceptors (Lipinski definition) is 3. The molecule has 0 N–H and O–H groups in total. The van der Waals surface area contributed by atoms with Crippen LogP contribution in [0.1, 0.15) is 0 Å². The van der Waals surface area contributed by atoms with E-state index in [2.05, 4.69) is 9.97 Å². The molecule has 3 rings (SSSR count). The van der Waals surface area contributed by atoms with Crippen molar-refractivity contribution in [2.45, 2.75) is 0 Å². The summed E-state index contributed by atoms with van der Waals surface area (Å²) in [5.41, 5.74) is 0.836. The van der Waals surface area contributed by atoms with Crippen LogP contribution < -0.4 is 4.74 Å². The summed E-state index contributed by atoms with van der Waals surface area (Å²) in [6.07, 6.45) is 5.16. The first-order valence-electron chi connectivity index (χ1n) is 5.40. The lowest BCUT2D eigenvalue weighted by atomic mass is 10.2. The van der Waals surface area contributed by atoms with Crippen LogP contribution in [0.15, 0.2) is 43.0 Å². The third-order valence-corrected chi connectivity index (χ3v) is 2.99. The van der Waals surface area contributed by atoms with Gasteiger partial charge in [0.2, 0.25) is 0 Å². The number of benzene rings is 1. The van der Waals surface area contributed by atoms with Crippen molar-refractivity contribution in [2.24, 2.45) is 0 Å². The second kappa shape index (κ2) is 4.31. The topological polar surface area (TPSA) is 39.9 Å². The molecule has 5 heteroatoms. The molecule has 4 nitrogen and oxygen atoms in total. The fraction of sp³-hybridized carbons (Fsp3) is 0.0769. The summed E-state index contributed by atoms with van der Waals surface area (Å²) in [5, 5.41) is 1.57. The summed E-state index contributed by atoms with van der Waals surface area (Å²) in [5.74, 6) is 1.43. The Morgan fingerprint density at radius 2 is 2.17 bits per heavy atom. The number of hydrogen-bond donors (Lipinski definition) is 0. The first-order chi connectivity index (χ1) is 8.78. The first-order valence-corrected chi connectivity index (χ1v) is 5.78. The van der Waals surface area contributed by atoms with Crippen LogP contribution in [-0.2, 0) is 0 Å². The Morgan fingerprint density at radius 3 is 2.89 bits per heavy atom. The lowest BCUT2D eigenvalue weighted by Gasteiger charge is -2.07. The molecule has 0 spiro atoms. The molecule has 0 aliphatic carbocycles. The minimum atomic E-state index is 0.589. The van der Waals surface area contributed by atoms with Gasteiger partial charge in [-0.1, -0.05) is 11.6 Å². The van der Waals surface area contributed by atoms with E-state index in [1.807, 2.05) is 24.3 Å². The van der Waals surface area contributed by atoms with Crippen LogP contribution in [0.25, 0.3) is 16.7 Å². The zero-order valence-corrected chi connectivity index (χ0v) is 10.4. The number of methoxy groups -OCH3 is 1. The van der Waals surface area contributed by atoms with E-state index in [0.717, 1.165) is 16.7 Å². The van der Waals surface area contributed by atoms with E-state index in [4.69, 9.17) is 16.3 Å². The van der Waals surface area contributed by atoms with Gasteiger partial charge in [0, 0.05) is 23.8 Å². The van der Waals surface area contributed by atoms with Crippen LogP contribution in [-0.4, -0.2) is 21.6 Å². The number of pyridine rings is 1. The van der Waals surface area contributed by atoms with Crippen molar-refractivity contribution in [3.05, 3.63) is 48.0 Å². The van der Waals surface area contributed by atoms with E-state index >= 15 is 0 Å². The minimum absolute atomic E-state index is 0.589. The number of aromatic nitrogens is 3. The van der Waals surface area contributed by atoms with E-state index in [1.165, 1.54) is 0 Å². The molecule has 0 unspecified atom stereocenters. The molecule has 0 radical (unpaired) electrons. The average Bonchev–Trinajstić information content (AvgIpc) is 2.91. The fourth-order valence-electron chi connectivity index (χ4n) is 1.80. The summed E-state index contributed by atoms with van der Waals surface area (Å²) in [6, 6.07) is 7.59. The Morgan fingerprint density at radius 1 is 1.28 bits per heavy atom. The summed E-state index contributed by atoms with van der Waals surface area (Å²) in [7, 11) is 1.63. The predicted molar refractivity (Wildman–Crippen MR) is 70.4 cm³/mol. The van der Waals surface area contributed by atoms with E-state index < -0.39 is 0 Å². The van der Waals surface area contributed by atoms with Crippen LogP contribution in [0.5, 0.6) is 5.75 Å². The third kappa shape index (κ3) is 1.80. The standard InChI is InChI=1S/C13H10ClN3O/c1-18-10-3-2-9-6-11(14)13(16-12(9)7-10)17-5-4-15-8-17/h2-8H,1H3. The molecule has 0 aliphatic rings. The largest absolute Gasteiger partial charge is 0.497 e. The van der Waals surface area contributed by atoms with Crippen molar-refractivity contribution in [3.63, 3.8) is 0 Å². The molecule has 0 saturated carbocycles. The quantitative estimate of drug-likeness (QED) is 0.710. The van der Waals surface area contributed by atoms with Gasteiger partial charge in [0.25, 0.3) is 0 Å². The lowest BCUT2D eigenvalue weighted by Crippen LogP contribution is -1.96. The highest BCUT2D eigenvalue weighted by molar-refractivity contribution is 6.32. The zero-order valence-electron chi connectivity index (χ0n) is 9.67. The van der Waals surface area contributed by atoms with Gasteiger partial charge in [-0.2, -0.15) is 0 Å². The van der Waals surface area contributed by atoms with Gasteiger partial charge in [0.1, 0.15) is 12.1 Å². The Labute approximate surface area is 109 Å². The van der Waals surface area contributed by atoms with E-state index in [1.54, 1.807) is 30.4 Å². The Kier molecular flexibility index (Phi) is 2.64. The zero-order chi connectivity index (χ0) is 12.5. The highest BCUT2D eigenvalue weighted by atomic mass is 35.5. The first kappa shape index (κ1) is 11.0. The molecule has 0 fully saturated rings. The molecule has 2 aromatic heterocycles. The Hall–Kier alpha value is -2.07. The molecule has 0 amide bonds. The molecule has 0 saturated heterocycles. The van der Waals surface area contributed by atoms with Crippen LogP contribution in [0.2, 0.25) is 5.02 Å². The van der Waals surface area contributed by atoms with E-state index in [9.17, 15) is 0 Å². The number of fused-ring (bicyclic) bond motifs is 1. The van der Waals surface area contributed by atoms with Crippen molar-refractivity contribution in [3.8, 4) is 11.6 Å². The maximum absolute atomic E-state index is 6.23. The number of halogens is 1. The van der Waals surface area contributed by atoms with Crippen LogP contribution in [0.3, 0.4) is 0 Å². The summed E-state index contributed by atoms with van der Waals surface area (Å²) in [6.45, 7) is 0. The van der Waals surface area contributed by atoms with Crippen molar-refractivity contribution < 1.29 is 4.74 Å². The van der Waals surface area contributed by atoms with Gasteiger partial charge in [-0.15, -0.1) is 0 Å². The Bertz CT molecular complexity index is 695. The number of imidazole rings is 1. The fourth-order valence-corrected chi connectivity index (χ4v) is 2.06. The maximum atomic E-state index is 6.23. The molecule has 0 bridgehead atoms. The summed E-state index contributed by atoms with van der Waals surface area (Å²) < 4.78 is 6.97. The smallest absolute Gasteiger partial charge is 0.157 e. The highest BCUT2D eigenvalue weighted by Crippen LogP contribution is 2.26. The molecule has 3 aromatic rings. The summed E-state index contributed by atoms with van der Waals surface area (Å²) >= 11 is 6.23. The lowest BCUT2D eigenvalue weighted by molar-refractivity contribution is 0.415. The van der Waals surface area contributed by atoms with Crippen LogP contribution >= 0.6 is 11.6 Å². The second-order valence-electron chi connectivity index (χ2n) is 3.82. The molecule has 18 heavy (non-hydrogen) atoms. The van der Waals surface area contributed by atoms with Gasteiger partial charge in [-0.05, 0) is 18.2 Å². The molecule has 0 aliphatic heterocycles.